The molecule has 3 aromatic rings. The lowest BCUT2D eigenvalue weighted by Gasteiger charge is -2.30. The van der Waals surface area contributed by atoms with Crippen molar-refractivity contribution in [2.45, 2.75) is 77.8 Å². The second-order valence-electron chi connectivity index (χ2n) is 13.0. The van der Waals surface area contributed by atoms with E-state index in [0.29, 0.717) is 39.9 Å². The number of aromatic nitrogens is 3. The molecule has 250 valence electrons. The van der Waals surface area contributed by atoms with Crippen LogP contribution in [0.5, 0.6) is 0 Å². The predicted octanol–water partition coefficient (Wildman–Crippen LogP) is 7.08. The van der Waals surface area contributed by atoms with Crippen LogP contribution >= 0.6 is 23.2 Å². The SMILES string of the molecule is Cn1c(Nc2c(Cl)ccc(CNC(=O)C(C)(C)C)c2Cl)nc2cc(C(=O)N[C@H]3CC[C@H](C(F)(F)F)CC3)c(N3CC[C@@H](F)C3)nc21. The number of amides is 2. The van der Waals surface area contributed by atoms with Crippen LogP contribution in [-0.4, -0.2) is 57.8 Å². The van der Waals surface area contributed by atoms with E-state index in [-0.39, 0.29) is 67.5 Å². The van der Waals surface area contributed by atoms with Crippen molar-refractivity contribution in [2.24, 2.45) is 18.4 Å². The highest BCUT2D eigenvalue weighted by atomic mass is 35.5. The molecule has 1 saturated heterocycles. The van der Waals surface area contributed by atoms with E-state index in [4.69, 9.17) is 28.2 Å². The first-order valence-corrected chi connectivity index (χ1v) is 15.9. The van der Waals surface area contributed by atoms with Gasteiger partial charge in [-0.1, -0.05) is 50.0 Å². The van der Waals surface area contributed by atoms with Gasteiger partial charge in [0.1, 0.15) is 17.5 Å². The number of aryl methyl sites for hydroxylation is 1. The number of benzene rings is 1. The number of nitrogens with zero attached hydrogens (tertiary/aromatic N) is 4. The highest BCUT2D eigenvalue weighted by Crippen LogP contribution is 2.39. The molecule has 0 unspecified atom stereocenters. The van der Waals surface area contributed by atoms with Crippen LogP contribution in [-0.2, 0) is 18.4 Å². The van der Waals surface area contributed by atoms with Gasteiger partial charge in [-0.25, -0.2) is 14.4 Å². The van der Waals surface area contributed by atoms with Gasteiger partial charge in [0.05, 0.1) is 33.8 Å². The molecule has 1 aromatic carbocycles. The van der Waals surface area contributed by atoms with Crippen LogP contribution < -0.4 is 20.9 Å². The number of imidazole rings is 1. The van der Waals surface area contributed by atoms with Crippen LogP contribution in [0.4, 0.5) is 35.0 Å². The Morgan fingerprint density at radius 2 is 1.74 bits per heavy atom. The van der Waals surface area contributed by atoms with Gasteiger partial charge in [-0.05, 0) is 49.8 Å². The van der Waals surface area contributed by atoms with E-state index in [2.05, 4.69) is 20.9 Å². The van der Waals surface area contributed by atoms with Crippen molar-refractivity contribution in [2.75, 3.05) is 23.3 Å². The summed E-state index contributed by atoms with van der Waals surface area (Å²) in [5, 5.41) is 9.49. The minimum Gasteiger partial charge on any atom is -0.353 e. The number of pyridine rings is 1. The molecule has 3 N–H and O–H groups in total. The van der Waals surface area contributed by atoms with Gasteiger partial charge in [-0.2, -0.15) is 13.2 Å². The maximum Gasteiger partial charge on any atom is 0.391 e. The average molecular weight is 687 g/mol. The minimum atomic E-state index is -4.25. The Hall–Kier alpha value is -3.32. The van der Waals surface area contributed by atoms with Gasteiger partial charge >= 0.3 is 6.18 Å². The Bertz CT molecular complexity index is 1630. The van der Waals surface area contributed by atoms with Crippen molar-refractivity contribution in [1.29, 1.82) is 0 Å². The zero-order valence-corrected chi connectivity index (χ0v) is 27.5. The number of halogens is 6. The van der Waals surface area contributed by atoms with E-state index in [9.17, 15) is 27.2 Å². The standard InChI is InChI=1S/C31H37Cl2F4N7O2/c1-30(2,3)28(46)38-14-16-5-10-21(32)24(23(16)33)41-29-40-22-13-20(25(42-26(22)43(29)4)44-12-11-18(34)15-44)27(45)39-19-8-6-17(7-9-19)31(35,36)37/h5,10,13,17-19H,6-9,11-12,14-15H2,1-4H3,(H,38,46)(H,39,45)(H,40,41)/t17-,18-,19-/m1/s1. The highest BCUT2D eigenvalue weighted by molar-refractivity contribution is 6.39. The van der Waals surface area contributed by atoms with Crippen LogP contribution in [0.1, 0.15) is 68.8 Å². The molecule has 5 rings (SSSR count). The monoisotopic (exact) mass is 685 g/mol. The maximum absolute atomic E-state index is 14.3. The topological polar surface area (TPSA) is 104 Å². The molecule has 1 atom stereocenters. The van der Waals surface area contributed by atoms with Gasteiger partial charge in [0.25, 0.3) is 5.91 Å². The van der Waals surface area contributed by atoms with E-state index in [0.717, 1.165) is 0 Å². The minimum absolute atomic E-state index is 0.0568. The first kappa shape index (κ1) is 34.0. The highest BCUT2D eigenvalue weighted by Gasteiger charge is 2.42. The van der Waals surface area contributed by atoms with Gasteiger partial charge in [0.2, 0.25) is 11.9 Å². The third-order valence-electron chi connectivity index (χ3n) is 8.55. The van der Waals surface area contributed by atoms with Crippen molar-refractivity contribution in [3.63, 3.8) is 0 Å². The Balaban J connectivity index is 1.43. The fraction of sp³-hybridized carbons (Fsp3) is 0.548. The molecular formula is C31H37Cl2F4N7O2. The zero-order chi connectivity index (χ0) is 33.6. The van der Waals surface area contributed by atoms with Crippen molar-refractivity contribution >= 4 is 63.6 Å². The van der Waals surface area contributed by atoms with Gasteiger partial charge in [0.15, 0.2) is 5.65 Å². The first-order valence-electron chi connectivity index (χ1n) is 15.2. The van der Waals surface area contributed by atoms with Crippen LogP contribution in [0.2, 0.25) is 10.0 Å². The number of carbonyl (C=O) groups is 2. The molecule has 2 aromatic heterocycles. The Morgan fingerprint density at radius 3 is 2.35 bits per heavy atom. The smallest absolute Gasteiger partial charge is 0.353 e. The number of hydrogen-bond donors (Lipinski definition) is 3. The van der Waals surface area contributed by atoms with Gasteiger partial charge in [0, 0.05) is 31.6 Å². The summed E-state index contributed by atoms with van der Waals surface area (Å²) >= 11 is 13.2. The quantitative estimate of drug-likeness (QED) is 0.230. The maximum atomic E-state index is 14.3. The van der Waals surface area contributed by atoms with E-state index < -0.39 is 35.6 Å². The molecular weight excluding hydrogens is 649 g/mol. The van der Waals surface area contributed by atoms with Gasteiger partial charge in [-0.3, -0.25) is 14.2 Å². The molecule has 1 saturated carbocycles. The van der Waals surface area contributed by atoms with Crippen molar-refractivity contribution < 1.29 is 27.2 Å². The number of carbonyl (C=O) groups excluding carboxylic acids is 2. The lowest BCUT2D eigenvalue weighted by atomic mass is 9.85. The van der Waals surface area contributed by atoms with E-state index >= 15 is 0 Å². The molecule has 1 aliphatic heterocycles. The van der Waals surface area contributed by atoms with Crippen LogP contribution in [0, 0.1) is 11.3 Å². The van der Waals surface area contributed by atoms with E-state index in [1.807, 2.05) is 0 Å². The molecule has 1 aliphatic carbocycles. The molecule has 2 amide bonds. The number of hydrogen-bond acceptors (Lipinski definition) is 6. The second-order valence-corrected chi connectivity index (χ2v) is 13.8. The van der Waals surface area contributed by atoms with Crippen LogP contribution in [0.15, 0.2) is 18.2 Å². The normalized spacial score (nSPS) is 20.7. The largest absolute Gasteiger partial charge is 0.391 e. The van der Waals surface area contributed by atoms with Crippen molar-refractivity contribution in [1.82, 2.24) is 25.2 Å². The number of nitrogens with one attached hydrogen (secondary N) is 3. The summed E-state index contributed by atoms with van der Waals surface area (Å²) in [5.74, 6) is -1.43. The fourth-order valence-electron chi connectivity index (χ4n) is 5.76. The average Bonchev–Trinajstić information content (AvgIpc) is 3.55. The second kappa shape index (κ2) is 13.1. The summed E-state index contributed by atoms with van der Waals surface area (Å²) in [6, 6.07) is 4.51. The number of rotatable bonds is 7. The molecule has 0 spiro atoms. The predicted molar refractivity (Wildman–Crippen MR) is 171 cm³/mol. The number of alkyl halides is 4. The Kier molecular flexibility index (Phi) is 9.66. The third-order valence-corrected chi connectivity index (χ3v) is 9.30. The lowest BCUT2D eigenvalue weighted by Crippen LogP contribution is -2.40. The fourth-order valence-corrected chi connectivity index (χ4v) is 6.29. The molecule has 9 nitrogen and oxygen atoms in total. The van der Waals surface area contributed by atoms with Crippen LogP contribution in [0.25, 0.3) is 11.2 Å². The Labute approximate surface area is 274 Å². The summed E-state index contributed by atoms with van der Waals surface area (Å²) in [7, 11) is 1.71. The van der Waals surface area contributed by atoms with Crippen molar-refractivity contribution in [3.05, 3.63) is 39.4 Å². The molecule has 2 fully saturated rings. The summed E-state index contributed by atoms with van der Waals surface area (Å²) < 4.78 is 55.4. The first-order chi connectivity index (χ1) is 21.5. The molecule has 3 heterocycles. The summed E-state index contributed by atoms with van der Waals surface area (Å²) in [4.78, 5) is 37.0. The number of anilines is 3. The molecule has 0 bridgehead atoms. The summed E-state index contributed by atoms with van der Waals surface area (Å²) in [5.41, 5.74) is 1.33. The molecule has 0 radical (unpaired) electrons. The summed E-state index contributed by atoms with van der Waals surface area (Å²) in [6.07, 6.45) is -4.76. The number of fused-ring (bicyclic) bond motifs is 1. The molecule has 2 aliphatic rings. The molecule has 15 heteroatoms. The zero-order valence-electron chi connectivity index (χ0n) is 26.0. The van der Waals surface area contributed by atoms with Gasteiger partial charge < -0.3 is 20.9 Å². The molecule has 46 heavy (non-hydrogen) atoms. The third kappa shape index (κ3) is 7.30. The van der Waals surface area contributed by atoms with Crippen LogP contribution in [0.3, 0.4) is 0 Å². The van der Waals surface area contributed by atoms with Gasteiger partial charge in [-0.15, -0.1) is 0 Å². The van der Waals surface area contributed by atoms with E-state index in [1.54, 1.807) is 55.5 Å². The summed E-state index contributed by atoms with van der Waals surface area (Å²) in [6.45, 7) is 6.01. The van der Waals surface area contributed by atoms with Crippen molar-refractivity contribution in [3.8, 4) is 0 Å². The van der Waals surface area contributed by atoms with E-state index in [1.165, 1.54) is 0 Å². The Morgan fingerprint density at radius 1 is 1.04 bits per heavy atom. The lowest BCUT2D eigenvalue weighted by molar-refractivity contribution is -0.182.